The predicted molar refractivity (Wildman–Crippen MR) is 32.6 cm³/mol. The highest BCUT2D eigenvalue weighted by molar-refractivity contribution is 5.70. The second kappa shape index (κ2) is 5.37. The van der Waals surface area contributed by atoms with Gasteiger partial charge >= 0.3 is 0 Å². The van der Waals surface area contributed by atoms with Gasteiger partial charge < -0.3 is 5.73 Å². The number of hydrogen-bond acceptors (Lipinski definition) is 2. The van der Waals surface area contributed by atoms with Gasteiger partial charge in [0.15, 0.2) is 0 Å². The Bertz CT molecular complexity index is 74.1. The van der Waals surface area contributed by atoms with E-state index >= 15 is 0 Å². The summed E-state index contributed by atoms with van der Waals surface area (Å²) in [5, 5.41) is 0. The molecule has 0 spiro atoms. The molecule has 2 nitrogen and oxygen atoms in total. The van der Waals surface area contributed by atoms with Crippen molar-refractivity contribution in [2.24, 2.45) is 10.7 Å². The third kappa shape index (κ3) is 5.37. The van der Waals surface area contributed by atoms with Crippen molar-refractivity contribution in [1.82, 2.24) is 0 Å². The monoisotopic (exact) mass is 98.1 g/mol. The Labute approximate surface area is 43.7 Å². The summed E-state index contributed by atoms with van der Waals surface area (Å²) in [6.45, 7) is 0.589. The topological polar surface area (TPSA) is 38.4 Å². The van der Waals surface area contributed by atoms with Crippen LogP contribution in [0, 0.1) is 0 Å². The molecular formula is C5H10N2. The molecule has 0 saturated heterocycles. The van der Waals surface area contributed by atoms with Crippen LogP contribution in [0.3, 0.4) is 0 Å². The first kappa shape index (κ1) is 6.37. The maximum absolute atomic E-state index is 5.12. The molecular weight excluding hydrogens is 88.1 g/mol. The summed E-state index contributed by atoms with van der Waals surface area (Å²) in [6, 6.07) is 0. The van der Waals surface area contributed by atoms with Crippen molar-refractivity contribution < 1.29 is 0 Å². The smallest absolute Gasteiger partial charge is 0.0277 e. The molecule has 0 unspecified atom stereocenters. The first-order chi connectivity index (χ1) is 3.41. The van der Waals surface area contributed by atoms with Gasteiger partial charge in [0, 0.05) is 19.8 Å². The van der Waals surface area contributed by atoms with E-state index in [0.29, 0.717) is 6.54 Å². The average molecular weight is 98.1 g/mol. The molecule has 0 aromatic rings. The number of hydrogen-bond donors (Lipinski definition) is 1. The highest BCUT2D eigenvalue weighted by Crippen LogP contribution is 1.60. The van der Waals surface area contributed by atoms with Gasteiger partial charge in [0.2, 0.25) is 0 Å². The molecule has 7 heavy (non-hydrogen) atoms. The Kier molecular flexibility index (Phi) is 4.89. The fraction of sp³-hybridized carbons (Fsp3) is 0.400. The van der Waals surface area contributed by atoms with E-state index in [0.717, 1.165) is 0 Å². The fourth-order valence-electron chi connectivity index (χ4n) is 0.225. The van der Waals surface area contributed by atoms with Crippen LogP contribution in [0.4, 0.5) is 0 Å². The summed E-state index contributed by atoms with van der Waals surface area (Å²) in [5.41, 5.74) is 5.12. The van der Waals surface area contributed by atoms with E-state index in [9.17, 15) is 0 Å². The average Bonchev–Trinajstić information content (AvgIpc) is 1.69. The van der Waals surface area contributed by atoms with E-state index in [2.05, 4.69) is 4.99 Å². The number of allylic oxidation sites excluding steroid dienone is 1. The van der Waals surface area contributed by atoms with Crippen molar-refractivity contribution in [3.8, 4) is 0 Å². The Morgan fingerprint density at radius 3 is 2.86 bits per heavy atom. The summed E-state index contributed by atoms with van der Waals surface area (Å²) in [6.07, 6.45) is 5.36. The minimum Gasteiger partial charge on any atom is -0.327 e. The van der Waals surface area contributed by atoms with E-state index < -0.39 is 0 Å². The van der Waals surface area contributed by atoms with Crippen molar-refractivity contribution in [2.45, 2.75) is 0 Å². The lowest BCUT2D eigenvalue weighted by molar-refractivity contribution is 1.26. The molecule has 0 saturated carbocycles. The van der Waals surface area contributed by atoms with E-state index in [1.165, 1.54) is 0 Å². The lowest BCUT2D eigenvalue weighted by Gasteiger charge is -1.71. The molecule has 0 radical (unpaired) electrons. The molecule has 0 atom stereocenters. The zero-order valence-corrected chi connectivity index (χ0v) is 4.46. The van der Waals surface area contributed by atoms with Crippen LogP contribution in [-0.2, 0) is 0 Å². The van der Waals surface area contributed by atoms with E-state index in [-0.39, 0.29) is 0 Å². The molecule has 0 fully saturated rings. The van der Waals surface area contributed by atoms with E-state index in [1.54, 1.807) is 13.3 Å². The van der Waals surface area contributed by atoms with Gasteiger partial charge in [-0.2, -0.15) is 0 Å². The van der Waals surface area contributed by atoms with Gasteiger partial charge in [0.25, 0.3) is 0 Å². The van der Waals surface area contributed by atoms with Gasteiger partial charge in [0.05, 0.1) is 0 Å². The fourth-order valence-corrected chi connectivity index (χ4v) is 0.225. The lowest BCUT2D eigenvalue weighted by Crippen LogP contribution is -1.91. The zero-order valence-electron chi connectivity index (χ0n) is 4.46. The van der Waals surface area contributed by atoms with Crippen molar-refractivity contribution in [3.05, 3.63) is 12.2 Å². The molecule has 0 aromatic carbocycles. The van der Waals surface area contributed by atoms with Gasteiger partial charge in [-0.1, -0.05) is 6.08 Å². The quantitative estimate of drug-likeness (QED) is 0.492. The van der Waals surface area contributed by atoms with Crippen LogP contribution in [0.2, 0.25) is 0 Å². The summed E-state index contributed by atoms with van der Waals surface area (Å²) < 4.78 is 0. The van der Waals surface area contributed by atoms with Gasteiger partial charge in [-0.3, -0.25) is 4.99 Å². The van der Waals surface area contributed by atoms with Crippen LogP contribution >= 0.6 is 0 Å². The normalized spacial score (nSPS) is 11.7. The molecule has 2 N–H and O–H groups in total. The SMILES string of the molecule is CN=C/C=C\CN. The van der Waals surface area contributed by atoms with Gasteiger partial charge in [-0.15, -0.1) is 0 Å². The van der Waals surface area contributed by atoms with Crippen LogP contribution in [0.25, 0.3) is 0 Å². The molecule has 0 aromatic heterocycles. The van der Waals surface area contributed by atoms with Crippen molar-refractivity contribution >= 4 is 6.21 Å². The molecule has 0 amide bonds. The molecule has 0 aliphatic carbocycles. The van der Waals surface area contributed by atoms with Crippen LogP contribution in [0.1, 0.15) is 0 Å². The van der Waals surface area contributed by atoms with Crippen molar-refractivity contribution in [2.75, 3.05) is 13.6 Å². The molecule has 0 aliphatic rings. The number of aliphatic imine (C=N–C) groups is 1. The maximum Gasteiger partial charge on any atom is 0.0277 e. The molecule has 40 valence electrons. The zero-order chi connectivity index (χ0) is 5.54. The first-order valence-corrected chi connectivity index (χ1v) is 2.19. The molecule has 0 aliphatic heterocycles. The van der Waals surface area contributed by atoms with Crippen molar-refractivity contribution in [3.63, 3.8) is 0 Å². The Hall–Kier alpha value is -0.630. The van der Waals surface area contributed by atoms with Crippen LogP contribution in [-0.4, -0.2) is 19.8 Å². The highest BCUT2D eigenvalue weighted by Gasteiger charge is 1.57. The van der Waals surface area contributed by atoms with Crippen LogP contribution < -0.4 is 5.73 Å². The van der Waals surface area contributed by atoms with Gasteiger partial charge in [-0.25, -0.2) is 0 Å². The number of rotatable bonds is 2. The van der Waals surface area contributed by atoms with E-state index in [1.807, 2.05) is 12.2 Å². The predicted octanol–water partition coefficient (Wildman–Crippen LogP) is 0.202. The summed E-state index contributed by atoms with van der Waals surface area (Å²) in [7, 11) is 1.72. The largest absolute Gasteiger partial charge is 0.327 e. The first-order valence-electron chi connectivity index (χ1n) is 2.19. The lowest BCUT2D eigenvalue weighted by atomic mass is 10.5. The molecule has 0 bridgehead atoms. The summed E-state index contributed by atoms with van der Waals surface area (Å²) in [4.78, 5) is 3.71. The van der Waals surface area contributed by atoms with Crippen LogP contribution in [0.5, 0.6) is 0 Å². The summed E-state index contributed by atoms with van der Waals surface area (Å²) in [5.74, 6) is 0. The highest BCUT2D eigenvalue weighted by atomic mass is 14.6. The molecule has 0 rings (SSSR count). The third-order valence-corrected chi connectivity index (χ3v) is 0.507. The van der Waals surface area contributed by atoms with Gasteiger partial charge in [-0.05, 0) is 6.08 Å². The minimum absolute atomic E-state index is 0.589. The second-order valence-electron chi connectivity index (χ2n) is 1.07. The van der Waals surface area contributed by atoms with Crippen molar-refractivity contribution in [1.29, 1.82) is 0 Å². The number of nitrogens with zero attached hydrogens (tertiary/aromatic N) is 1. The minimum atomic E-state index is 0.589. The van der Waals surface area contributed by atoms with Gasteiger partial charge in [0.1, 0.15) is 0 Å². The Morgan fingerprint density at radius 2 is 2.43 bits per heavy atom. The standard InChI is InChI=1S/C5H10N2/c1-7-5-3-2-4-6/h2-3,5H,4,6H2,1H3/b3-2-,7-5?. The number of nitrogens with two attached hydrogens (primary N) is 1. The van der Waals surface area contributed by atoms with E-state index in [4.69, 9.17) is 5.73 Å². The molecule has 0 heterocycles. The second-order valence-corrected chi connectivity index (χ2v) is 1.07. The third-order valence-electron chi connectivity index (χ3n) is 0.507. The van der Waals surface area contributed by atoms with Crippen LogP contribution in [0.15, 0.2) is 17.1 Å². The summed E-state index contributed by atoms with van der Waals surface area (Å²) >= 11 is 0. The maximum atomic E-state index is 5.12. The Morgan fingerprint density at radius 1 is 1.71 bits per heavy atom. The molecule has 2 heteroatoms. The Balaban J connectivity index is 3.09.